The fourth-order valence-corrected chi connectivity index (χ4v) is 7.58. The van der Waals surface area contributed by atoms with Crippen molar-refractivity contribution in [3.63, 3.8) is 0 Å². The van der Waals surface area contributed by atoms with Crippen molar-refractivity contribution in [2.75, 3.05) is 44.2 Å². The number of thiophene rings is 1. The van der Waals surface area contributed by atoms with E-state index in [9.17, 15) is 15.0 Å². The molecule has 6 nitrogen and oxygen atoms in total. The molecule has 0 amide bonds. The van der Waals surface area contributed by atoms with Crippen LogP contribution in [0.15, 0.2) is 66.7 Å². The molecule has 4 aromatic rings. The number of rotatable bonds is 5. The van der Waals surface area contributed by atoms with E-state index in [4.69, 9.17) is 0 Å². The van der Waals surface area contributed by atoms with Crippen molar-refractivity contribution < 1.29 is 15.0 Å². The second kappa shape index (κ2) is 11.1. The number of phenolic OH excluding ortho intramolecular Hbond substituents is 2. The van der Waals surface area contributed by atoms with Gasteiger partial charge in [-0.05, 0) is 106 Å². The minimum absolute atomic E-state index is 0.0373. The summed E-state index contributed by atoms with van der Waals surface area (Å²) < 4.78 is 0.857. The average molecular weight is 570 g/mol. The summed E-state index contributed by atoms with van der Waals surface area (Å²) in [5, 5.41) is 20.7. The zero-order valence-corrected chi connectivity index (χ0v) is 25.0. The van der Waals surface area contributed by atoms with E-state index in [-0.39, 0.29) is 22.8 Å². The lowest BCUT2D eigenvalue weighted by Gasteiger charge is -2.46. The maximum atomic E-state index is 13.9. The van der Waals surface area contributed by atoms with Gasteiger partial charge in [0, 0.05) is 82.6 Å². The normalized spacial score (nSPS) is 17.8. The van der Waals surface area contributed by atoms with Crippen molar-refractivity contribution >= 4 is 32.9 Å². The predicted octanol–water partition coefficient (Wildman–Crippen LogP) is 6.60. The molecule has 0 aliphatic carbocycles. The minimum Gasteiger partial charge on any atom is -0.508 e. The number of hydrogen-bond acceptors (Lipinski definition) is 7. The van der Waals surface area contributed by atoms with Crippen molar-refractivity contribution in [2.24, 2.45) is 0 Å². The van der Waals surface area contributed by atoms with E-state index in [2.05, 4.69) is 47.6 Å². The summed E-state index contributed by atoms with van der Waals surface area (Å²) in [6.07, 6.45) is 2.33. The van der Waals surface area contributed by atoms with Crippen LogP contribution in [0.25, 0.3) is 20.5 Å². The van der Waals surface area contributed by atoms with Crippen molar-refractivity contribution in [3.8, 4) is 21.9 Å². The van der Waals surface area contributed by atoms with Gasteiger partial charge in [-0.25, -0.2) is 0 Å². The van der Waals surface area contributed by atoms with Gasteiger partial charge < -0.3 is 15.1 Å². The summed E-state index contributed by atoms with van der Waals surface area (Å²) in [6.45, 7) is 13.6. The van der Waals surface area contributed by atoms with E-state index < -0.39 is 0 Å². The maximum Gasteiger partial charge on any atom is 0.195 e. The van der Waals surface area contributed by atoms with Gasteiger partial charge >= 0.3 is 0 Å². The fourth-order valence-electron chi connectivity index (χ4n) is 6.34. The lowest BCUT2D eigenvalue weighted by Crippen LogP contribution is -2.57. The SMILES string of the molecule is CC(C)(C)N1CCN(C2CCN(c3ccc(C(=O)c4c(-c5ccc(O)cc5)sc5cc(O)ccc45)cc3)CC2)CC1. The molecular weight excluding hydrogens is 530 g/mol. The third-order valence-corrected chi connectivity index (χ3v) is 9.97. The minimum atomic E-state index is -0.0373. The van der Waals surface area contributed by atoms with Gasteiger partial charge in [-0.1, -0.05) is 0 Å². The number of anilines is 1. The van der Waals surface area contributed by atoms with Crippen LogP contribution in [0.2, 0.25) is 0 Å². The number of aromatic hydroxyl groups is 2. The van der Waals surface area contributed by atoms with E-state index in [1.807, 2.05) is 30.3 Å². The molecule has 6 rings (SSSR count). The third kappa shape index (κ3) is 5.71. The number of benzene rings is 3. The molecule has 1 aromatic heterocycles. The first-order valence-corrected chi connectivity index (χ1v) is 15.4. The largest absolute Gasteiger partial charge is 0.508 e. The molecule has 41 heavy (non-hydrogen) atoms. The van der Waals surface area contributed by atoms with E-state index in [0.717, 1.165) is 65.5 Å². The molecule has 2 fully saturated rings. The maximum absolute atomic E-state index is 13.9. The molecule has 2 aliphatic heterocycles. The highest BCUT2D eigenvalue weighted by molar-refractivity contribution is 7.22. The predicted molar refractivity (Wildman–Crippen MR) is 169 cm³/mol. The monoisotopic (exact) mass is 569 g/mol. The van der Waals surface area contributed by atoms with Gasteiger partial charge in [-0.2, -0.15) is 0 Å². The highest BCUT2D eigenvalue weighted by Gasteiger charge is 2.31. The van der Waals surface area contributed by atoms with Crippen LogP contribution in [-0.4, -0.2) is 76.6 Å². The first-order valence-electron chi connectivity index (χ1n) is 14.6. The Kier molecular flexibility index (Phi) is 7.53. The summed E-state index contributed by atoms with van der Waals surface area (Å²) in [4.78, 5) is 22.5. The van der Waals surface area contributed by atoms with E-state index >= 15 is 0 Å². The van der Waals surface area contributed by atoms with Crippen LogP contribution in [0.4, 0.5) is 5.69 Å². The second-order valence-electron chi connectivity index (χ2n) is 12.3. The van der Waals surface area contributed by atoms with E-state index in [0.29, 0.717) is 17.2 Å². The first kappa shape index (κ1) is 27.8. The summed E-state index contributed by atoms with van der Waals surface area (Å²) in [5.41, 5.74) is 3.56. The first-order chi connectivity index (χ1) is 19.7. The number of hydrogen-bond donors (Lipinski definition) is 2. The summed E-state index contributed by atoms with van der Waals surface area (Å²) in [5.74, 6) is 0.322. The van der Waals surface area contributed by atoms with Crippen LogP contribution in [0.1, 0.15) is 49.5 Å². The summed E-state index contributed by atoms with van der Waals surface area (Å²) in [7, 11) is 0. The highest BCUT2D eigenvalue weighted by atomic mass is 32.1. The van der Waals surface area contributed by atoms with Crippen molar-refractivity contribution in [1.29, 1.82) is 0 Å². The Morgan fingerprint density at radius 1 is 0.805 bits per heavy atom. The zero-order valence-electron chi connectivity index (χ0n) is 24.1. The quantitative estimate of drug-likeness (QED) is 0.264. The molecule has 0 atom stereocenters. The Labute approximate surface area is 246 Å². The molecule has 0 radical (unpaired) electrons. The molecule has 0 unspecified atom stereocenters. The number of nitrogens with zero attached hydrogens (tertiary/aromatic N) is 3. The van der Waals surface area contributed by atoms with Crippen LogP contribution < -0.4 is 4.90 Å². The van der Waals surface area contributed by atoms with Crippen LogP contribution in [0.3, 0.4) is 0 Å². The molecule has 0 spiro atoms. The highest BCUT2D eigenvalue weighted by Crippen LogP contribution is 2.41. The summed E-state index contributed by atoms with van der Waals surface area (Å²) in [6, 6.07) is 20.8. The number of piperazine rings is 1. The number of carbonyl (C=O) groups is 1. The van der Waals surface area contributed by atoms with Gasteiger partial charge in [0.1, 0.15) is 11.5 Å². The molecular formula is C34H39N3O3S. The molecule has 3 aromatic carbocycles. The number of ketones is 1. The Morgan fingerprint density at radius 3 is 2.07 bits per heavy atom. The second-order valence-corrected chi connectivity index (χ2v) is 13.4. The Bertz CT molecular complexity index is 1520. The van der Waals surface area contributed by atoms with Gasteiger partial charge in [-0.3, -0.25) is 14.6 Å². The Morgan fingerprint density at radius 2 is 1.44 bits per heavy atom. The zero-order chi connectivity index (χ0) is 28.7. The lowest BCUT2D eigenvalue weighted by atomic mass is 9.97. The van der Waals surface area contributed by atoms with Crippen LogP contribution in [0, 0.1) is 0 Å². The van der Waals surface area contributed by atoms with Gasteiger partial charge in [-0.15, -0.1) is 11.3 Å². The van der Waals surface area contributed by atoms with Crippen molar-refractivity contribution in [3.05, 3.63) is 77.9 Å². The molecule has 2 saturated heterocycles. The van der Waals surface area contributed by atoms with Crippen molar-refractivity contribution in [1.82, 2.24) is 9.80 Å². The number of piperidine rings is 1. The molecule has 3 heterocycles. The Balaban J connectivity index is 1.16. The smallest absolute Gasteiger partial charge is 0.195 e. The van der Waals surface area contributed by atoms with Crippen LogP contribution >= 0.6 is 11.3 Å². The molecule has 7 heteroatoms. The average Bonchev–Trinajstić information content (AvgIpc) is 3.35. The molecule has 2 N–H and O–H groups in total. The number of carbonyl (C=O) groups excluding carboxylic acids is 1. The third-order valence-electron chi connectivity index (χ3n) is 8.77. The number of phenols is 2. The molecule has 0 saturated carbocycles. The molecule has 2 aliphatic rings. The van der Waals surface area contributed by atoms with Crippen LogP contribution in [0.5, 0.6) is 11.5 Å². The lowest BCUT2D eigenvalue weighted by molar-refractivity contribution is 0.0364. The molecule has 0 bridgehead atoms. The number of fused-ring (bicyclic) bond motifs is 1. The van der Waals surface area contributed by atoms with Gasteiger partial charge in [0.15, 0.2) is 5.78 Å². The molecule has 214 valence electrons. The van der Waals surface area contributed by atoms with Gasteiger partial charge in [0.25, 0.3) is 0 Å². The topological polar surface area (TPSA) is 67.2 Å². The van der Waals surface area contributed by atoms with Crippen molar-refractivity contribution in [2.45, 2.75) is 45.2 Å². The van der Waals surface area contributed by atoms with Gasteiger partial charge in [0.05, 0.1) is 0 Å². The van der Waals surface area contributed by atoms with Gasteiger partial charge in [0.2, 0.25) is 0 Å². The fraction of sp³-hybridized carbons (Fsp3) is 0.382. The summed E-state index contributed by atoms with van der Waals surface area (Å²) >= 11 is 1.48. The van der Waals surface area contributed by atoms with E-state index in [1.54, 1.807) is 24.3 Å². The Hall–Kier alpha value is -3.39. The standard InChI is InChI=1S/C34H39N3O3S/c1-34(2,3)37-20-18-36(19-21-37)26-14-16-35(17-15-26)25-8-4-23(5-9-25)32(40)31-29-13-12-28(39)22-30(29)41-33(31)24-6-10-27(38)11-7-24/h4-13,22,26,38-39H,14-21H2,1-3H3. The van der Waals surface area contributed by atoms with Crippen LogP contribution in [-0.2, 0) is 0 Å². The van der Waals surface area contributed by atoms with E-state index in [1.165, 1.54) is 24.2 Å².